The number of rotatable bonds is 8. The molecule has 0 bridgehead atoms. The van der Waals surface area contributed by atoms with Gasteiger partial charge in [-0.15, -0.1) is 0 Å². The van der Waals surface area contributed by atoms with Crippen LogP contribution in [-0.4, -0.2) is 29.5 Å². The van der Waals surface area contributed by atoms with Crippen molar-refractivity contribution in [3.63, 3.8) is 0 Å². The summed E-state index contributed by atoms with van der Waals surface area (Å²) < 4.78 is 25.6. The van der Waals surface area contributed by atoms with Crippen LogP contribution in [0.2, 0.25) is 5.02 Å². The Morgan fingerprint density at radius 3 is 2.24 bits per heavy atom. The second-order valence-electron chi connectivity index (χ2n) is 8.35. The number of nitrogens with zero attached hydrogens (tertiary/aromatic N) is 2. The molecule has 4 aromatic rings. The first-order valence-corrected chi connectivity index (χ1v) is 13.2. The summed E-state index contributed by atoms with van der Waals surface area (Å²) in [5.74, 6) is 0.168. The first-order chi connectivity index (χ1) is 17.6. The average molecular weight is 537 g/mol. The van der Waals surface area contributed by atoms with E-state index in [1.165, 1.54) is 12.3 Å². The summed E-state index contributed by atoms with van der Waals surface area (Å²) in [4.78, 5) is 21.3. The molecule has 3 aromatic carbocycles. The second kappa shape index (κ2) is 10.9. The molecule has 9 nitrogen and oxygen atoms in total. The highest BCUT2D eigenvalue weighted by Crippen LogP contribution is 2.30. The van der Waals surface area contributed by atoms with E-state index in [4.69, 9.17) is 17.3 Å². The molecule has 0 aliphatic heterocycles. The monoisotopic (exact) mass is 536 g/mol. The van der Waals surface area contributed by atoms with Gasteiger partial charge < -0.3 is 21.7 Å². The summed E-state index contributed by atoms with van der Waals surface area (Å²) in [7, 11) is -3.54. The molecular weight excluding hydrogens is 512 g/mol. The average Bonchev–Trinajstić information content (AvgIpc) is 2.88. The number of hydrogen-bond acceptors (Lipinski definition) is 8. The molecule has 1 amide bonds. The van der Waals surface area contributed by atoms with Gasteiger partial charge in [-0.05, 0) is 62.4 Å². The number of hydrogen-bond donors (Lipinski definition) is 4. The van der Waals surface area contributed by atoms with Crippen LogP contribution in [0, 0.1) is 0 Å². The fourth-order valence-electron chi connectivity index (χ4n) is 3.35. The Morgan fingerprint density at radius 1 is 0.919 bits per heavy atom. The number of para-hydroxylation sites is 3. The molecule has 11 heteroatoms. The lowest BCUT2D eigenvalue weighted by Crippen LogP contribution is -2.15. The van der Waals surface area contributed by atoms with Gasteiger partial charge in [0, 0.05) is 11.3 Å². The zero-order valence-electron chi connectivity index (χ0n) is 20.1. The van der Waals surface area contributed by atoms with E-state index < -0.39 is 15.1 Å². The number of amides is 1. The molecule has 4 rings (SSSR count). The maximum absolute atomic E-state index is 12.8. The smallest absolute Gasteiger partial charge is 0.255 e. The Labute approximate surface area is 220 Å². The van der Waals surface area contributed by atoms with Crippen LogP contribution in [0.15, 0.2) is 83.9 Å². The maximum Gasteiger partial charge on any atom is 0.255 e. The molecule has 5 N–H and O–H groups in total. The minimum absolute atomic E-state index is 0.153. The van der Waals surface area contributed by atoms with Crippen LogP contribution in [0.5, 0.6) is 0 Å². The maximum atomic E-state index is 12.8. The van der Waals surface area contributed by atoms with Gasteiger partial charge in [-0.25, -0.2) is 13.4 Å². The van der Waals surface area contributed by atoms with Crippen molar-refractivity contribution in [2.75, 3.05) is 21.7 Å². The van der Waals surface area contributed by atoms with Crippen molar-refractivity contribution >= 4 is 61.9 Å². The second-order valence-corrected chi connectivity index (χ2v) is 11.2. The first kappa shape index (κ1) is 25.9. The predicted molar refractivity (Wildman–Crippen MR) is 148 cm³/mol. The van der Waals surface area contributed by atoms with Crippen molar-refractivity contribution in [3.8, 4) is 0 Å². The third-order valence-electron chi connectivity index (χ3n) is 5.42. The van der Waals surface area contributed by atoms with E-state index in [-0.39, 0.29) is 27.6 Å². The van der Waals surface area contributed by atoms with E-state index in [0.717, 1.165) is 0 Å². The van der Waals surface area contributed by atoms with E-state index in [2.05, 4.69) is 25.9 Å². The van der Waals surface area contributed by atoms with Gasteiger partial charge in [0.1, 0.15) is 5.02 Å². The number of nitrogen functional groups attached to an aromatic ring is 1. The van der Waals surface area contributed by atoms with Gasteiger partial charge in [-0.2, -0.15) is 4.98 Å². The number of aromatic nitrogens is 2. The Balaban J connectivity index is 1.51. The lowest BCUT2D eigenvalue weighted by Gasteiger charge is -2.15. The van der Waals surface area contributed by atoms with Gasteiger partial charge in [0.15, 0.2) is 15.7 Å². The first-order valence-electron chi connectivity index (χ1n) is 11.3. The van der Waals surface area contributed by atoms with E-state index >= 15 is 0 Å². The van der Waals surface area contributed by atoms with Crippen LogP contribution in [0.4, 0.5) is 34.5 Å². The summed E-state index contributed by atoms with van der Waals surface area (Å²) in [5, 5.41) is 8.47. The highest BCUT2D eigenvalue weighted by Gasteiger charge is 2.23. The van der Waals surface area contributed by atoms with Gasteiger partial charge in [0.05, 0.1) is 33.4 Å². The lowest BCUT2D eigenvalue weighted by atomic mass is 10.2. The third kappa shape index (κ3) is 5.99. The number of nitrogens with two attached hydrogens (primary N) is 1. The largest absolute Gasteiger partial charge is 0.397 e. The normalized spacial score (nSPS) is 11.2. The fourth-order valence-corrected chi connectivity index (χ4v) is 4.69. The van der Waals surface area contributed by atoms with E-state index in [1.807, 2.05) is 0 Å². The molecule has 190 valence electrons. The number of anilines is 6. The van der Waals surface area contributed by atoms with Gasteiger partial charge in [-0.1, -0.05) is 35.9 Å². The number of sulfone groups is 1. The standard InChI is InChI=1S/C26H25ClN6O3S/c1-16(2)37(35,36)23-10-6-5-9-22(23)31-24-19(27)15-29-26(33-24)30-18-13-11-17(12-14-18)25(34)32-21-8-4-3-7-20(21)28/h3-16H,28H2,1-2H3,(H,32,34)(H2,29,30,31,33). The molecule has 0 saturated carbocycles. The quantitative estimate of drug-likeness (QED) is 0.212. The molecular formula is C26H25ClN6O3S. The highest BCUT2D eigenvalue weighted by molar-refractivity contribution is 7.92. The van der Waals surface area contributed by atoms with E-state index in [0.29, 0.717) is 28.3 Å². The summed E-state index contributed by atoms with van der Waals surface area (Å²) in [6.07, 6.45) is 1.41. The summed E-state index contributed by atoms with van der Waals surface area (Å²) in [6.45, 7) is 3.25. The molecule has 0 aliphatic carbocycles. The molecule has 1 aromatic heterocycles. The predicted octanol–water partition coefficient (Wildman–Crippen LogP) is 5.63. The van der Waals surface area contributed by atoms with Crippen LogP contribution in [-0.2, 0) is 9.84 Å². The number of carbonyl (C=O) groups is 1. The Kier molecular flexibility index (Phi) is 7.61. The van der Waals surface area contributed by atoms with Crippen LogP contribution in [0.1, 0.15) is 24.2 Å². The minimum atomic E-state index is -3.54. The molecule has 0 fully saturated rings. The van der Waals surface area contributed by atoms with Crippen LogP contribution >= 0.6 is 11.6 Å². The number of carbonyl (C=O) groups excluding carboxylic acids is 1. The fraction of sp³-hybridized carbons (Fsp3) is 0.115. The Hall–Kier alpha value is -4.15. The van der Waals surface area contributed by atoms with Gasteiger partial charge in [0.25, 0.3) is 5.91 Å². The van der Waals surface area contributed by atoms with Crippen molar-refractivity contribution in [1.29, 1.82) is 0 Å². The van der Waals surface area contributed by atoms with Gasteiger partial charge in [0.2, 0.25) is 5.95 Å². The molecule has 0 saturated heterocycles. The Bertz CT molecular complexity index is 1540. The van der Waals surface area contributed by atoms with E-state index in [1.54, 1.807) is 80.6 Å². The minimum Gasteiger partial charge on any atom is -0.397 e. The molecule has 0 unspecified atom stereocenters. The van der Waals surface area contributed by atoms with Gasteiger partial charge in [-0.3, -0.25) is 4.79 Å². The number of halogens is 1. The molecule has 0 atom stereocenters. The summed E-state index contributed by atoms with van der Waals surface area (Å²) >= 11 is 6.29. The van der Waals surface area contributed by atoms with Crippen molar-refractivity contribution in [2.24, 2.45) is 0 Å². The summed E-state index contributed by atoms with van der Waals surface area (Å²) in [6, 6.07) is 20.3. The molecule has 0 aliphatic rings. The molecule has 0 spiro atoms. The zero-order chi connectivity index (χ0) is 26.6. The topological polar surface area (TPSA) is 139 Å². The van der Waals surface area contributed by atoms with Crippen molar-refractivity contribution in [3.05, 3.63) is 89.6 Å². The van der Waals surface area contributed by atoms with Crippen molar-refractivity contribution in [2.45, 2.75) is 24.0 Å². The van der Waals surface area contributed by atoms with Gasteiger partial charge >= 0.3 is 0 Å². The molecule has 37 heavy (non-hydrogen) atoms. The van der Waals surface area contributed by atoms with E-state index in [9.17, 15) is 13.2 Å². The van der Waals surface area contributed by atoms with Crippen LogP contribution in [0.25, 0.3) is 0 Å². The number of benzene rings is 3. The highest BCUT2D eigenvalue weighted by atomic mass is 35.5. The third-order valence-corrected chi connectivity index (χ3v) is 7.91. The molecule has 1 heterocycles. The molecule has 0 radical (unpaired) electrons. The van der Waals surface area contributed by atoms with Crippen LogP contribution < -0.4 is 21.7 Å². The number of nitrogens with one attached hydrogen (secondary N) is 3. The summed E-state index contributed by atoms with van der Waals surface area (Å²) in [5.41, 5.74) is 8.33. The van der Waals surface area contributed by atoms with Crippen molar-refractivity contribution < 1.29 is 13.2 Å². The SMILES string of the molecule is CC(C)S(=O)(=O)c1ccccc1Nc1nc(Nc2ccc(C(=O)Nc3ccccc3N)cc2)ncc1Cl. The lowest BCUT2D eigenvalue weighted by molar-refractivity contribution is 0.102. The Morgan fingerprint density at radius 2 is 1.57 bits per heavy atom. The zero-order valence-corrected chi connectivity index (χ0v) is 21.6. The van der Waals surface area contributed by atoms with Crippen LogP contribution in [0.3, 0.4) is 0 Å². The van der Waals surface area contributed by atoms with Crippen molar-refractivity contribution in [1.82, 2.24) is 9.97 Å².